The molecule has 0 radical (unpaired) electrons. The molecule has 0 aliphatic rings. The van der Waals surface area contributed by atoms with Crippen molar-refractivity contribution in [2.45, 2.75) is 69.2 Å². The Morgan fingerprint density at radius 2 is 1.08 bits per heavy atom. The van der Waals surface area contributed by atoms with Gasteiger partial charge in [0, 0.05) is 16.3 Å². The number of rotatable bonds is 1. The van der Waals surface area contributed by atoms with Gasteiger partial charge in [-0.2, -0.15) is 5.10 Å². The van der Waals surface area contributed by atoms with Gasteiger partial charge < -0.3 is 0 Å². The Balaban J connectivity index is 0.00000117. The molecule has 0 aliphatic carbocycles. The largest absolute Gasteiger partial charge is 0.155 e. The Morgan fingerprint density at radius 3 is 1.65 bits per heavy atom. The molecule has 0 N–H and O–H groups in total. The Morgan fingerprint density at radius 1 is 0.538 bits per heavy atom. The minimum atomic E-state index is 1.01. The maximum absolute atomic E-state index is 4.63. The number of hydrogen-bond donors (Lipinski definition) is 0. The quantitative estimate of drug-likeness (QED) is 0.484. The Hall–Kier alpha value is -2.22. The molecule has 138 valence electrons. The third-order valence-corrected chi connectivity index (χ3v) is 5.90. The third kappa shape index (κ3) is 3.02. The van der Waals surface area contributed by atoms with E-state index in [1.165, 1.54) is 55.3 Å². The van der Waals surface area contributed by atoms with Gasteiger partial charge in [-0.15, -0.1) is 5.10 Å². The summed E-state index contributed by atoms with van der Waals surface area (Å²) in [5.74, 6) is 0. The molecule has 0 atom stereocenters. The molecule has 26 heavy (non-hydrogen) atoms. The Kier molecular flexibility index (Phi) is 5.85. The highest BCUT2D eigenvalue weighted by molar-refractivity contribution is 6.01. The van der Waals surface area contributed by atoms with E-state index in [1.54, 1.807) is 0 Å². The lowest BCUT2D eigenvalue weighted by Crippen LogP contribution is -2.03. The van der Waals surface area contributed by atoms with Gasteiger partial charge in [0.1, 0.15) is 5.69 Å². The van der Waals surface area contributed by atoms with Crippen molar-refractivity contribution < 1.29 is 0 Å². The summed E-state index contributed by atoms with van der Waals surface area (Å²) < 4.78 is 0. The van der Waals surface area contributed by atoms with Crippen molar-refractivity contribution in [1.29, 1.82) is 0 Å². The molecule has 0 unspecified atom stereocenters. The fourth-order valence-electron chi connectivity index (χ4n) is 3.69. The van der Waals surface area contributed by atoms with Crippen LogP contribution in [0.15, 0.2) is 12.1 Å². The first kappa shape index (κ1) is 20.1. The summed E-state index contributed by atoms with van der Waals surface area (Å²) in [7, 11) is 0. The number of benzene rings is 2. The van der Waals surface area contributed by atoms with Crippen LogP contribution in [0, 0.1) is 55.4 Å². The molecule has 0 aliphatic heterocycles. The summed E-state index contributed by atoms with van der Waals surface area (Å²) >= 11 is 0. The molecular formula is C24H32N2. The zero-order valence-electron chi connectivity index (χ0n) is 18.0. The molecule has 1 aromatic heterocycles. The van der Waals surface area contributed by atoms with Gasteiger partial charge in [-0.3, -0.25) is 0 Å². The van der Waals surface area contributed by atoms with Crippen molar-refractivity contribution in [3.8, 4) is 11.3 Å². The second-order valence-corrected chi connectivity index (χ2v) is 7.06. The second kappa shape index (κ2) is 7.57. The summed E-state index contributed by atoms with van der Waals surface area (Å²) in [6.07, 6.45) is 0. The van der Waals surface area contributed by atoms with Gasteiger partial charge in [-0.25, -0.2) is 0 Å². The van der Waals surface area contributed by atoms with Crippen molar-refractivity contribution >= 4 is 10.8 Å². The van der Waals surface area contributed by atoms with Gasteiger partial charge in [0.25, 0.3) is 0 Å². The fourth-order valence-corrected chi connectivity index (χ4v) is 3.69. The van der Waals surface area contributed by atoms with Gasteiger partial charge in [-0.1, -0.05) is 26.0 Å². The maximum Gasteiger partial charge on any atom is 0.101 e. The van der Waals surface area contributed by atoms with Gasteiger partial charge in [-0.05, 0) is 94.3 Å². The average Bonchev–Trinajstić information content (AvgIpc) is 2.64. The van der Waals surface area contributed by atoms with Crippen LogP contribution in [-0.2, 0) is 0 Å². The number of aromatic nitrogens is 2. The van der Waals surface area contributed by atoms with E-state index in [0.717, 1.165) is 11.4 Å². The van der Waals surface area contributed by atoms with E-state index in [-0.39, 0.29) is 0 Å². The molecular weight excluding hydrogens is 316 g/mol. The first-order valence-corrected chi connectivity index (χ1v) is 9.56. The lowest BCUT2D eigenvalue weighted by Gasteiger charge is -2.19. The molecule has 0 fully saturated rings. The highest BCUT2D eigenvalue weighted by Gasteiger charge is 2.18. The van der Waals surface area contributed by atoms with Crippen LogP contribution in [0.25, 0.3) is 22.0 Å². The highest BCUT2D eigenvalue weighted by Crippen LogP contribution is 2.37. The summed E-state index contributed by atoms with van der Waals surface area (Å²) in [6.45, 7) is 21.4. The van der Waals surface area contributed by atoms with E-state index in [9.17, 15) is 0 Å². The van der Waals surface area contributed by atoms with E-state index in [0.29, 0.717) is 0 Å². The second-order valence-electron chi connectivity index (χ2n) is 7.06. The third-order valence-electron chi connectivity index (χ3n) is 5.90. The van der Waals surface area contributed by atoms with Crippen LogP contribution in [0.5, 0.6) is 0 Å². The number of nitrogens with zero attached hydrogens (tertiary/aromatic N) is 2. The van der Waals surface area contributed by atoms with Crippen molar-refractivity contribution in [2.75, 3.05) is 0 Å². The Labute approximate surface area is 158 Å². The smallest absolute Gasteiger partial charge is 0.101 e. The minimum Gasteiger partial charge on any atom is -0.155 e. The van der Waals surface area contributed by atoms with E-state index < -0.39 is 0 Å². The van der Waals surface area contributed by atoms with Crippen LogP contribution in [0.2, 0.25) is 0 Å². The molecule has 0 amide bonds. The minimum absolute atomic E-state index is 1.01. The zero-order chi connectivity index (χ0) is 19.8. The predicted octanol–water partition coefficient (Wildman–Crippen LogP) is 6.79. The van der Waals surface area contributed by atoms with Crippen LogP contribution in [-0.4, -0.2) is 10.2 Å². The first-order chi connectivity index (χ1) is 12.3. The molecule has 3 aromatic rings. The lowest BCUT2D eigenvalue weighted by molar-refractivity contribution is 1.00. The van der Waals surface area contributed by atoms with Gasteiger partial charge in [0.05, 0.1) is 5.69 Å². The first-order valence-electron chi connectivity index (χ1n) is 9.56. The van der Waals surface area contributed by atoms with E-state index >= 15 is 0 Å². The SMILES string of the molecule is CC.Cc1ccc(-c2nnc(C)c3c(C)c(C)c(C)c(C)c23)c(C)c1C. The van der Waals surface area contributed by atoms with Gasteiger partial charge in [0.15, 0.2) is 0 Å². The van der Waals surface area contributed by atoms with Crippen LogP contribution in [0.4, 0.5) is 0 Å². The fraction of sp³-hybridized carbons (Fsp3) is 0.417. The molecule has 2 heteroatoms. The van der Waals surface area contributed by atoms with Crippen LogP contribution in [0.1, 0.15) is 58.5 Å². The highest BCUT2D eigenvalue weighted by atomic mass is 15.1. The number of fused-ring (bicyclic) bond motifs is 1. The topological polar surface area (TPSA) is 25.8 Å². The molecule has 1 heterocycles. The molecule has 2 aromatic carbocycles. The van der Waals surface area contributed by atoms with Crippen LogP contribution >= 0.6 is 0 Å². The Bertz CT molecular complexity index is 982. The average molecular weight is 349 g/mol. The monoisotopic (exact) mass is 348 g/mol. The van der Waals surface area contributed by atoms with Crippen LogP contribution in [0.3, 0.4) is 0 Å². The summed E-state index contributed by atoms with van der Waals surface area (Å²) in [5, 5.41) is 11.7. The lowest BCUT2D eigenvalue weighted by atomic mass is 9.87. The molecule has 2 nitrogen and oxygen atoms in total. The van der Waals surface area contributed by atoms with Crippen molar-refractivity contribution in [3.05, 3.63) is 56.8 Å². The molecule has 0 saturated heterocycles. The van der Waals surface area contributed by atoms with E-state index in [2.05, 4.69) is 77.7 Å². The van der Waals surface area contributed by atoms with Crippen molar-refractivity contribution in [3.63, 3.8) is 0 Å². The molecule has 0 spiro atoms. The summed E-state index contributed by atoms with van der Waals surface area (Å²) in [4.78, 5) is 0. The van der Waals surface area contributed by atoms with E-state index in [4.69, 9.17) is 0 Å². The summed E-state index contributed by atoms with van der Waals surface area (Å²) in [5.41, 5.74) is 12.5. The number of aryl methyl sites for hydroxylation is 4. The molecule has 0 saturated carbocycles. The molecule has 0 bridgehead atoms. The van der Waals surface area contributed by atoms with E-state index in [1.807, 2.05) is 13.8 Å². The predicted molar refractivity (Wildman–Crippen MR) is 114 cm³/mol. The van der Waals surface area contributed by atoms with Gasteiger partial charge >= 0.3 is 0 Å². The van der Waals surface area contributed by atoms with Crippen molar-refractivity contribution in [1.82, 2.24) is 10.2 Å². The van der Waals surface area contributed by atoms with Gasteiger partial charge in [0.2, 0.25) is 0 Å². The maximum atomic E-state index is 4.63. The molecule has 3 rings (SSSR count). The standard InChI is InChI=1S/C22H26N2.C2H6/c1-11-9-10-19(15(5)12(11)2)22-21-17(7)14(4)13(3)16(6)20(21)18(8)23-24-22;1-2/h9-10H,1-8H3;1-2H3. The van der Waals surface area contributed by atoms with Crippen molar-refractivity contribution in [2.24, 2.45) is 0 Å². The zero-order valence-corrected chi connectivity index (χ0v) is 18.0. The van der Waals surface area contributed by atoms with Crippen LogP contribution < -0.4 is 0 Å². The normalized spacial score (nSPS) is 10.7. The number of hydrogen-bond acceptors (Lipinski definition) is 2. The summed E-state index contributed by atoms with van der Waals surface area (Å²) in [6, 6.07) is 4.38.